The van der Waals surface area contributed by atoms with Gasteiger partial charge in [-0.15, -0.1) is 0 Å². The van der Waals surface area contributed by atoms with E-state index >= 15 is 0 Å². The lowest BCUT2D eigenvalue weighted by atomic mass is 10.1. The maximum absolute atomic E-state index is 12.0. The molecule has 1 atom stereocenters. The number of carbonyl (C=O) groups excluding carboxylic acids is 1. The summed E-state index contributed by atoms with van der Waals surface area (Å²) in [5.41, 5.74) is 2.76. The zero-order chi connectivity index (χ0) is 14.6. The van der Waals surface area contributed by atoms with Gasteiger partial charge in [0.15, 0.2) is 0 Å². The van der Waals surface area contributed by atoms with Gasteiger partial charge in [-0.2, -0.15) is 13.2 Å². The van der Waals surface area contributed by atoms with Crippen LogP contribution in [0.4, 0.5) is 18.9 Å². The first-order chi connectivity index (χ1) is 8.69. The molecule has 0 radical (unpaired) electrons. The molecule has 0 spiro atoms. The third kappa shape index (κ3) is 5.19. The van der Waals surface area contributed by atoms with Crippen LogP contribution in [0.15, 0.2) is 18.2 Å². The van der Waals surface area contributed by atoms with Crippen LogP contribution in [0.2, 0.25) is 0 Å². The standard InChI is InChI=1S/C13H17F3N2O/c1-8-4-5-11(9(2)6-8)18-10(3)12(19)17-7-13(14,15)16/h4-6,10,18H,7H2,1-3H3,(H,17,19). The molecule has 0 aliphatic heterocycles. The lowest BCUT2D eigenvalue weighted by Crippen LogP contribution is -2.42. The van der Waals surface area contributed by atoms with E-state index < -0.39 is 24.7 Å². The van der Waals surface area contributed by atoms with Gasteiger partial charge in [-0.25, -0.2) is 0 Å². The second-order valence-electron chi connectivity index (χ2n) is 4.52. The normalized spacial score (nSPS) is 12.9. The Morgan fingerprint density at radius 3 is 2.47 bits per heavy atom. The number of alkyl halides is 3. The van der Waals surface area contributed by atoms with Crippen LogP contribution in [-0.4, -0.2) is 24.7 Å². The van der Waals surface area contributed by atoms with Crippen LogP contribution in [0.3, 0.4) is 0 Å². The molecule has 0 aromatic heterocycles. The number of amides is 1. The van der Waals surface area contributed by atoms with Gasteiger partial charge in [-0.05, 0) is 32.4 Å². The molecular weight excluding hydrogens is 257 g/mol. The number of hydrogen-bond donors (Lipinski definition) is 2. The minimum absolute atomic E-state index is 0.683. The minimum atomic E-state index is -4.39. The molecule has 2 N–H and O–H groups in total. The van der Waals surface area contributed by atoms with E-state index in [0.717, 1.165) is 16.8 Å². The largest absolute Gasteiger partial charge is 0.405 e. The smallest absolute Gasteiger partial charge is 0.374 e. The maximum atomic E-state index is 12.0. The molecule has 0 aliphatic carbocycles. The van der Waals surface area contributed by atoms with Crippen molar-refractivity contribution in [1.29, 1.82) is 0 Å². The summed E-state index contributed by atoms with van der Waals surface area (Å²) in [7, 11) is 0. The van der Waals surface area contributed by atoms with Gasteiger partial charge in [0.05, 0.1) is 0 Å². The van der Waals surface area contributed by atoms with Crippen molar-refractivity contribution in [1.82, 2.24) is 5.32 Å². The van der Waals surface area contributed by atoms with Crippen molar-refractivity contribution >= 4 is 11.6 Å². The lowest BCUT2D eigenvalue weighted by molar-refractivity contribution is -0.138. The minimum Gasteiger partial charge on any atom is -0.374 e. The van der Waals surface area contributed by atoms with Crippen molar-refractivity contribution in [2.45, 2.75) is 33.0 Å². The Morgan fingerprint density at radius 1 is 1.32 bits per heavy atom. The van der Waals surface area contributed by atoms with Crippen LogP contribution < -0.4 is 10.6 Å². The summed E-state index contributed by atoms with van der Waals surface area (Å²) in [6.07, 6.45) is -4.39. The van der Waals surface area contributed by atoms with Crippen molar-refractivity contribution in [2.75, 3.05) is 11.9 Å². The molecule has 1 rings (SSSR count). The summed E-state index contributed by atoms with van der Waals surface area (Å²) in [5.74, 6) is -0.683. The summed E-state index contributed by atoms with van der Waals surface area (Å²) in [6.45, 7) is 4.02. The Hall–Kier alpha value is -1.72. The maximum Gasteiger partial charge on any atom is 0.405 e. The fourth-order valence-electron chi connectivity index (χ4n) is 1.61. The van der Waals surface area contributed by atoms with Crippen molar-refractivity contribution in [2.24, 2.45) is 0 Å². The first-order valence-corrected chi connectivity index (χ1v) is 5.87. The monoisotopic (exact) mass is 274 g/mol. The molecule has 1 aromatic carbocycles. The predicted molar refractivity (Wildman–Crippen MR) is 68.1 cm³/mol. The quantitative estimate of drug-likeness (QED) is 0.886. The molecular formula is C13H17F3N2O. The predicted octanol–water partition coefficient (Wildman–Crippen LogP) is 2.78. The van der Waals surface area contributed by atoms with E-state index in [1.807, 2.05) is 31.3 Å². The van der Waals surface area contributed by atoms with Crippen LogP contribution >= 0.6 is 0 Å². The fourth-order valence-corrected chi connectivity index (χ4v) is 1.61. The number of anilines is 1. The van der Waals surface area contributed by atoms with Crippen molar-refractivity contribution in [3.8, 4) is 0 Å². The van der Waals surface area contributed by atoms with Gasteiger partial charge >= 0.3 is 6.18 Å². The van der Waals surface area contributed by atoms with Gasteiger partial charge in [-0.3, -0.25) is 4.79 Å². The van der Waals surface area contributed by atoms with Crippen LogP contribution in [0.1, 0.15) is 18.1 Å². The van der Waals surface area contributed by atoms with E-state index in [2.05, 4.69) is 5.32 Å². The van der Waals surface area contributed by atoms with Crippen molar-refractivity contribution in [3.63, 3.8) is 0 Å². The van der Waals surface area contributed by atoms with E-state index in [1.165, 1.54) is 6.92 Å². The molecule has 0 aliphatic rings. The average molecular weight is 274 g/mol. The van der Waals surface area contributed by atoms with E-state index in [4.69, 9.17) is 0 Å². The van der Waals surface area contributed by atoms with E-state index in [9.17, 15) is 18.0 Å². The highest BCUT2D eigenvalue weighted by atomic mass is 19.4. The molecule has 1 aromatic rings. The molecule has 1 amide bonds. The number of carbonyl (C=O) groups is 1. The highest BCUT2D eigenvalue weighted by molar-refractivity contribution is 5.84. The van der Waals surface area contributed by atoms with Gasteiger partial charge in [0, 0.05) is 5.69 Å². The van der Waals surface area contributed by atoms with E-state index in [1.54, 1.807) is 6.07 Å². The Balaban J connectivity index is 2.59. The fraction of sp³-hybridized carbons (Fsp3) is 0.462. The van der Waals surface area contributed by atoms with Crippen molar-refractivity contribution < 1.29 is 18.0 Å². The van der Waals surface area contributed by atoms with E-state index in [0.29, 0.717) is 0 Å². The Kier molecular flexibility index (Phi) is 4.80. The Bertz CT molecular complexity index is 458. The lowest BCUT2D eigenvalue weighted by Gasteiger charge is -2.17. The molecule has 0 saturated carbocycles. The second-order valence-corrected chi connectivity index (χ2v) is 4.52. The van der Waals surface area contributed by atoms with Crippen LogP contribution in [-0.2, 0) is 4.79 Å². The van der Waals surface area contributed by atoms with Crippen molar-refractivity contribution in [3.05, 3.63) is 29.3 Å². The number of aryl methyl sites for hydroxylation is 2. The summed E-state index contributed by atoms with van der Waals surface area (Å²) in [6, 6.07) is 4.88. The number of halogens is 3. The number of nitrogens with one attached hydrogen (secondary N) is 2. The summed E-state index contributed by atoms with van der Waals surface area (Å²) < 4.78 is 35.9. The SMILES string of the molecule is Cc1ccc(NC(C)C(=O)NCC(F)(F)F)c(C)c1. The first-order valence-electron chi connectivity index (χ1n) is 5.87. The Morgan fingerprint density at radius 2 is 1.95 bits per heavy atom. The van der Waals surface area contributed by atoms with Gasteiger partial charge in [0.2, 0.25) is 5.91 Å². The van der Waals surface area contributed by atoms with E-state index in [-0.39, 0.29) is 0 Å². The average Bonchev–Trinajstić information content (AvgIpc) is 2.28. The molecule has 19 heavy (non-hydrogen) atoms. The van der Waals surface area contributed by atoms with Gasteiger partial charge in [0.1, 0.15) is 12.6 Å². The highest BCUT2D eigenvalue weighted by Gasteiger charge is 2.28. The zero-order valence-electron chi connectivity index (χ0n) is 11.1. The molecule has 0 heterocycles. The third-order valence-electron chi connectivity index (χ3n) is 2.61. The molecule has 1 unspecified atom stereocenters. The molecule has 0 fully saturated rings. The molecule has 3 nitrogen and oxygen atoms in total. The summed E-state index contributed by atoms with van der Waals surface area (Å²) >= 11 is 0. The van der Waals surface area contributed by atoms with Crippen LogP contribution in [0.25, 0.3) is 0 Å². The third-order valence-corrected chi connectivity index (χ3v) is 2.61. The van der Waals surface area contributed by atoms with Gasteiger partial charge < -0.3 is 10.6 Å². The summed E-state index contributed by atoms with van der Waals surface area (Å²) in [4.78, 5) is 11.5. The highest BCUT2D eigenvalue weighted by Crippen LogP contribution is 2.17. The first kappa shape index (κ1) is 15.3. The Labute approximate surface area is 110 Å². The van der Waals surface area contributed by atoms with Gasteiger partial charge in [0.25, 0.3) is 0 Å². The number of rotatable bonds is 4. The number of hydrogen-bond acceptors (Lipinski definition) is 2. The molecule has 0 bridgehead atoms. The second kappa shape index (κ2) is 5.95. The van der Waals surface area contributed by atoms with Crippen LogP contribution in [0, 0.1) is 13.8 Å². The molecule has 6 heteroatoms. The zero-order valence-corrected chi connectivity index (χ0v) is 11.1. The number of benzene rings is 1. The van der Waals surface area contributed by atoms with Crippen LogP contribution in [0.5, 0.6) is 0 Å². The summed E-state index contributed by atoms with van der Waals surface area (Å²) in [5, 5.41) is 4.74. The van der Waals surface area contributed by atoms with Gasteiger partial charge in [-0.1, -0.05) is 17.7 Å². The molecule has 0 saturated heterocycles. The topological polar surface area (TPSA) is 41.1 Å². The molecule has 106 valence electrons.